The summed E-state index contributed by atoms with van der Waals surface area (Å²) in [5, 5.41) is 14.4. The number of aryl methyl sites for hydroxylation is 1. The van der Waals surface area contributed by atoms with Crippen LogP contribution >= 0.6 is 0 Å². The third kappa shape index (κ3) is 4.59. The zero-order valence-electron chi connectivity index (χ0n) is 14.8. The predicted molar refractivity (Wildman–Crippen MR) is 100 cm³/mol. The molecule has 26 heavy (non-hydrogen) atoms. The van der Waals surface area contributed by atoms with Crippen molar-refractivity contribution in [2.45, 2.75) is 11.8 Å². The average Bonchev–Trinajstić information content (AvgIpc) is 2.61. The third-order valence-corrected chi connectivity index (χ3v) is 5.65. The Kier molecular flexibility index (Phi) is 5.97. The third-order valence-electron chi connectivity index (χ3n) is 3.70. The second-order valence-corrected chi connectivity index (χ2v) is 7.98. The van der Waals surface area contributed by atoms with Crippen LogP contribution in [0.15, 0.2) is 47.4 Å². The van der Waals surface area contributed by atoms with E-state index in [0.29, 0.717) is 22.5 Å². The summed E-state index contributed by atoms with van der Waals surface area (Å²) in [5.74, 6) is -0.314. The Morgan fingerprint density at radius 1 is 1.12 bits per heavy atom. The molecule has 0 spiro atoms. The van der Waals surface area contributed by atoms with Crippen LogP contribution in [0.25, 0.3) is 0 Å². The summed E-state index contributed by atoms with van der Waals surface area (Å²) in [5.41, 5.74) is 2.25. The fourth-order valence-corrected chi connectivity index (χ4v) is 3.35. The Morgan fingerprint density at radius 2 is 1.73 bits per heavy atom. The first-order valence-corrected chi connectivity index (χ1v) is 9.25. The molecule has 8 heteroatoms. The number of nitrogens with one attached hydrogen (secondary N) is 2. The topological polar surface area (TPSA) is 102 Å². The van der Waals surface area contributed by atoms with Crippen molar-refractivity contribution in [3.8, 4) is 6.07 Å². The van der Waals surface area contributed by atoms with Gasteiger partial charge in [0.05, 0.1) is 23.1 Å². The van der Waals surface area contributed by atoms with Crippen LogP contribution in [0.4, 0.5) is 11.4 Å². The van der Waals surface area contributed by atoms with Gasteiger partial charge < -0.3 is 10.6 Å². The number of hydrogen-bond donors (Lipinski definition) is 2. The molecule has 1 amide bonds. The van der Waals surface area contributed by atoms with Gasteiger partial charge in [0.15, 0.2) is 0 Å². The number of carbonyl (C=O) groups excluding carboxylic acids is 1. The van der Waals surface area contributed by atoms with Gasteiger partial charge in [0.1, 0.15) is 0 Å². The fraction of sp³-hybridized carbons (Fsp3) is 0.222. The largest absolute Gasteiger partial charge is 0.376 e. The molecule has 2 aromatic carbocycles. The van der Waals surface area contributed by atoms with Crippen LogP contribution in [0, 0.1) is 18.3 Å². The van der Waals surface area contributed by atoms with Gasteiger partial charge in [-0.1, -0.05) is 6.07 Å². The number of nitriles is 1. The average molecular weight is 372 g/mol. The van der Waals surface area contributed by atoms with E-state index in [1.54, 1.807) is 43.3 Å². The van der Waals surface area contributed by atoms with E-state index in [4.69, 9.17) is 5.26 Å². The van der Waals surface area contributed by atoms with Crippen LogP contribution in [-0.2, 0) is 14.8 Å². The maximum absolute atomic E-state index is 12.3. The van der Waals surface area contributed by atoms with Gasteiger partial charge in [-0.05, 0) is 48.9 Å². The number of nitrogens with zero attached hydrogens (tertiary/aromatic N) is 2. The quantitative estimate of drug-likeness (QED) is 0.809. The molecule has 0 unspecified atom stereocenters. The molecule has 0 fully saturated rings. The van der Waals surface area contributed by atoms with Gasteiger partial charge in [-0.3, -0.25) is 4.79 Å². The highest BCUT2D eigenvalue weighted by Gasteiger charge is 2.20. The van der Waals surface area contributed by atoms with E-state index >= 15 is 0 Å². The highest BCUT2D eigenvalue weighted by atomic mass is 32.2. The molecule has 2 aromatic rings. The van der Waals surface area contributed by atoms with Crippen molar-refractivity contribution in [3.05, 3.63) is 53.6 Å². The Morgan fingerprint density at radius 3 is 2.31 bits per heavy atom. The first-order chi connectivity index (χ1) is 12.2. The summed E-state index contributed by atoms with van der Waals surface area (Å²) < 4.78 is 25.8. The number of rotatable bonds is 6. The van der Waals surface area contributed by atoms with Crippen molar-refractivity contribution in [1.29, 1.82) is 5.26 Å². The zero-order valence-corrected chi connectivity index (χ0v) is 15.6. The number of benzene rings is 2. The minimum Gasteiger partial charge on any atom is -0.376 e. The fourth-order valence-electron chi connectivity index (χ4n) is 2.20. The van der Waals surface area contributed by atoms with E-state index < -0.39 is 10.0 Å². The summed E-state index contributed by atoms with van der Waals surface area (Å²) in [6.45, 7) is 1.71. The van der Waals surface area contributed by atoms with E-state index in [2.05, 4.69) is 10.6 Å². The van der Waals surface area contributed by atoms with Gasteiger partial charge in [0, 0.05) is 25.5 Å². The lowest BCUT2D eigenvalue weighted by atomic mass is 10.2. The van der Waals surface area contributed by atoms with Crippen molar-refractivity contribution in [2.75, 3.05) is 31.3 Å². The minimum absolute atomic E-state index is 0.00946. The van der Waals surface area contributed by atoms with Gasteiger partial charge in [0.25, 0.3) is 0 Å². The number of hydrogen-bond acceptors (Lipinski definition) is 5. The molecule has 2 rings (SSSR count). The van der Waals surface area contributed by atoms with Crippen molar-refractivity contribution < 1.29 is 13.2 Å². The standard InChI is InChI=1S/C18H20N4O3S/c1-13-4-7-16(10-17(13)26(24,25)22(2)3)21-18(23)12-20-15-8-5-14(11-19)6-9-15/h4-10,20H,12H2,1-3H3,(H,21,23). The molecule has 0 aliphatic heterocycles. The summed E-state index contributed by atoms with van der Waals surface area (Å²) in [7, 11) is -0.668. The smallest absolute Gasteiger partial charge is 0.243 e. The van der Waals surface area contributed by atoms with E-state index in [0.717, 1.165) is 4.31 Å². The summed E-state index contributed by atoms with van der Waals surface area (Å²) in [6, 6.07) is 13.5. The molecule has 0 aliphatic carbocycles. The minimum atomic E-state index is -3.59. The second kappa shape index (κ2) is 7.99. The number of carbonyl (C=O) groups is 1. The molecule has 7 nitrogen and oxygen atoms in total. The highest BCUT2D eigenvalue weighted by molar-refractivity contribution is 7.89. The molecule has 0 bridgehead atoms. The first kappa shape index (κ1) is 19.4. The normalized spacial score (nSPS) is 11.0. The summed E-state index contributed by atoms with van der Waals surface area (Å²) in [4.78, 5) is 12.3. The number of amides is 1. The van der Waals surface area contributed by atoms with Crippen LogP contribution < -0.4 is 10.6 Å². The molecule has 0 radical (unpaired) electrons. The SMILES string of the molecule is Cc1ccc(NC(=O)CNc2ccc(C#N)cc2)cc1S(=O)(=O)N(C)C. The molecular weight excluding hydrogens is 352 g/mol. The Labute approximate surface area is 153 Å². The second-order valence-electron chi connectivity index (χ2n) is 5.86. The molecule has 0 saturated carbocycles. The summed E-state index contributed by atoms with van der Waals surface area (Å²) in [6.07, 6.45) is 0. The van der Waals surface area contributed by atoms with Crippen LogP contribution in [0.5, 0.6) is 0 Å². The van der Waals surface area contributed by atoms with E-state index in [1.807, 2.05) is 6.07 Å². The van der Waals surface area contributed by atoms with E-state index in [9.17, 15) is 13.2 Å². The van der Waals surface area contributed by atoms with Gasteiger partial charge in [-0.25, -0.2) is 12.7 Å². The Balaban J connectivity index is 2.06. The lowest BCUT2D eigenvalue weighted by molar-refractivity contribution is -0.114. The summed E-state index contributed by atoms with van der Waals surface area (Å²) >= 11 is 0. The molecule has 0 aliphatic rings. The number of anilines is 2. The number of sulfonamides is 1. The van der Waals surface area contributed by atoms with E-state index in [1.165, 1.54) is 20.2 Å². The maximum Gasteiger partial charge on any atom is 0.243 e. The molecule has 136 valence electrons. The first-order valence-electron chi connectivity index (χ1n) is 7.81. The van der Waals surface area contributed by atoms with Crippen LogP contribution in [0.1, 0.15) is 11.1 Å². The van der Waals surface area contributed by atoms with Crippen LogP contribution in [0.3, 0.4) is 0 Å². The van der Waals surface area contributed by atoms with Gasteiger partial charge in [-0.2, -0.15) is 5.26 Å². The van der Waals surface area contributed by atoms with Crippen LogP contribution in [-0.4, -0.2) is 39.3 Å². The highest BCUT2D eigenvalue weighted by Crippen LogP contribution is 2.22. The Bertz CT molecular complexity index is 945. The van der Waals surface area contributed by atoms with Crippen molar-refractivity contribution in [3.63, 3.8) is 0 Å². The molecular formula is C18H20N4O3S. The zero-order chi connectivity index (χ0) is 19.3. The maximum atomic E-state index is 12.3. The van der Waals surface area contributed by atoms with Crippen molar-refractivity contribution in [2.24, 2.45) is 0 Å². The lowest BCUT2D eigenvalue weighted by Crippen LogP contribution is -2.24. The molecule has 2 N–H and O–H groups in total. The van der Waals surface area contributed by atoms with Crippen molar-refractivity contribution >= 4 is 27.3 Å². The molecule has 0 heterocycles. The Hall–Kier alpha value is -2.89. The van der Waals surface area contributed by atoms with Crippen molar-refractivity contribution in [1.82, 2.24) is 4.31 Å². The monoisotopic (exact) mass is 372 g/mol. The van der Waals surface area contributed by atoms with Gasteiger partial charge in [0.2, 0.25) is 15.9 Å². The van der Waals surface area contributed by atoms with Gasteiger partial charge >= 0.3 is 0 Å². The molecule has 0 atom stereocenters. The predicted octanol–water partition coefficient (Wildman–Crippen LogP) is 2.17. The lowest BCUT2D eigenvalue weighted by Gasteiger charge is -2.15. The molecule has 0 saturated heterocycles. The van der Waals surface area contributed by atoms with E-state index in [-0.39, 0.29) is 17.3 Å². The van der Waals surface area contributed by atoms with Crippen LogP contribution in [0.2, 0.25) is 0 Å². The van der Waals surface area contributed by atoms with Gasteiger partial charge in [-0.15, -0.1) is 0 Å². The molecule has 0 aromatic heterocycles.